The third kappa shape index (κ3) is 1.12. The molecule has 0 fully saturated rings. The standard InChI is InChI=1S/C8H6N2O/c1-3-7(11-6-1)8-9-4-2-5-10-8/h1-6H. The van der Waals surface area contributed by atoms with Crippen LogP contribution in [0.1, 0.15) is 0 Å². The van der Waals surface area contributed by atoms with Crippen molar-refractivity contribution in [1.82, 2.24) is 9.97 Å². The van der Waals surface area contributed by atoms with Gasteiger partial charge in [0.25, 0.3) is 0 Å². The van der Waals surface area contributed by atoms with E-state index in [0.29, 0.717) is 11.6 Å². The molecule has 0 saturated heterocycles. The van der Waals surface area contributed by atoms with Gasteiger partial charge in [0, 0.05) is 12.4 Å². The number of hydrogen-bond donors (Lipinski definition) is 0. The number of furan rings is 1. The average molecular weight is 146 g/mol. The van der Waals surface area contributed by atoms with Crippen LogP contribution in [0.4, 0.5) is 0 Å². The van der Waals surface area contributed by atoms with Crippen molar-refractivity contribution < 1.29 is 4.42 Å². The minimum absolute atomic E-state index is 0.623. The summed E-state index contributed by atoms with van der Waals surface area (Å²) in [5.74, 6) is 1.32. The zero-order valence-corrected chi connectivity index (χ0v) is 5.77. The SMILES string of the molecule is c1cnc(-c2ccco2)nc1. The lowest BCUT2D eigenvalue weighted by molar-refractivity contribution is 0.577. The van der Waals surface area contributed by atoms with Gasteiger partial charge in [0.15, 0.2) is 11.6 Å². The van der Waals surface area contributed by atoms with E-state index in [1.165, 1.54) is 0 Å². The van der Waals surface area contributed by atoms with Crippen molar-refractivity contribution in [3.8, 4) is 11.6 Å². The van der Waals surface area contributed by atoms with Crippen LogP contribution in [0.15, 0.2) is 41.3 Å². The number of hydrogen-bond acceptors (Lipinski definition) is 3. The Kier molecular flexibility index (Phi) is 1.41. The summed E-state index contributed by atoms with van der Waals surface area (Å²) < 4.78 is 5.09. The fourth-order valence-electron chi connectivity index (χ4n) is 0.832. The molecule has 0 saturated carbocycles. The molecule has 0 aliphatic rings. The lowest BCUT2D eigenvalue weighted by Crippen LogP contribution is -1.82. The van der Waals surface area contributed by atoms with Gasteiger partial charge >= 0.3 is 0 Å². The number of nitrogens with zero attached hydrogens (tertiary/aromatic N) is 2. The second kappa shape index (κ2) is 2.54. The maximum atomic E-state index is 5.09. The molecule has 2 aromatic rings. The molecule has 0 N–H and O–H groups in total. The highest BCUT2D eigenvalue weighted by atomic mass is 16.3. The molecule has 2 rings (SSSR count). The Labute approximate surface area is 63.7 Å². The third-order valence-electron chi connectivity index (χ3n) is 1.31. The van der Waals surface area contributed by atoms with E-state index in [9.17, 15) is 0 Å². The van der Waals surface area contributed by atoms with Crippen LogP contribution in [0.5, 0.6) is 0 Å². The summed E-state index contributed by atoms with van der Waals surface area (Å²) in [6.45, 7) is 0. The highest BCUT2D eigenvalue weighted by Gasteiger charge is 1.99. The largest absolute Gasteiger partial charge is 0.461 e. The molecule has 54 valence electrons. The lowest BCUT2D eigenvalue weighted by atomic mass is 10.4. The van der Waals surface area contributed by atoms with E-state index >= 15 is 0 Å². The van der Waals surface area contributed by atoms with Crippen molar-refractivity contribution in [3.05, 3.63) is 36.9 Å². The van der Waals surface area contributed by atoms with Gasteiger partial charge in [0.05, 0.1) is 6.26 Å². The molecule has 3 nitrogen and oxygen atoms in total. The molecule has 0 aromatic carbocycles. The summed E-state index contributed by atoms with van der Waals surface area (Å²) in [5, 5.41) is 0. The van der Waals surface area contributed by atoms with Crippen LogP contribution in [-0.2, 0) is 0 Å². The minimum atomic E-state index is 0.623. The van der Waals surface area contributed by atoms with Gasteiger partial charge in [0.2, 0.25) is 0 Å². The first-order valence-electron chi connectivity index (χ1n) is 3.28. The van der Waals surface area contributed by atoms with Gasteiger partial charge in [-0.15, -0.1) is 0 Å². The Morgan fingerprint density at radius 1 is 1.09 bits per heavy atom. The quantitative estimate of drug-likeness (QED) is 0.615. The maximum Gasteiger partial charge on any atom is 0.195 e. The molecule has 0 spiro atoms. The van der Waals surface area contributed by atoms with E-state index < -0.39 is 0 Å². The van der Waals surface area contributed by atoms with Crippen molar-refractivity contribution in [2.75, 3.05) is 0 Å². The number of rotatable bonds is 1. The second-order valence-corrected chi connectivity index (χ2v) is 2.05. The van der Waals surface area contributed by atoms with E-state index in [0.717, 1.165) is 0 Å². The predicted octanol–water partition coefficient (Wildman–Crippen LogP) is 1.74. The van der Waals surface area contributed by atoms with E-state index in [2.05, 4.69) is 9.97 Å². The van der Waals surface area contributed by atoms with E-state index in [4.69, 9.17) is 4.42 Å². The first-order chi connectivity index (χ1) is 5.47. The molecule has 0 aliphatic heterocycles. The van der Waals surface area contributed by atoms with Crippen LogP contribution in [0.3, 0.4) is 0 Å². The van der Waals surface area contributed by atoms with Crippen molar-refractivity contribution in [1.29, 1.82) is 0 Å². The molecule has 0 radical (unpaired) electrons. The average Bonchev–Trinajstić information content (AvgIpc) is 2.58. The zero-order valence-electron chi connectivity index (χ0n) is 5.77. The summed E-state index contributed by atoms with van der Waals surface area (Å²) >= 11 is 0. The van der Waals surface area contributed by atoms with Crippen LogP contribution in [0.25, 0.3) is 11.6 Å². The van der Waals surface area contributed by atoms with E-state index in [1.54, 1.807) is 24.7 Å². The van der Waals surface area contributed by atoms with Crippen LogP contribution < -0.4 is 0 Å². The monoisotopic (exact) mass is 146 g/mol. The van der Waals surface area contributed by atoms with E-state index in [-0.39, 0.29) is 0 Å². The topological polar surface area (TPSA) is 38.9 Å². The second-order valence-electron chi connectivity index (χ2n) is 2.05. The van der Waals surface area contributed by atoms with Gasteiger partial charge in [0.1, 0.15) is 0 Å². The Morgan fingerprint density at radius 2 is 1.91 bits per heavy atom. The minimum Gasteiger partial charge on any atom is -0.461 e. The fourth-order valence-corrected chi connectivity index (χ4v) is 0.832. The lowest BCUT2D eigenvalue weighted by Gasteiger charge is -1.90. The molecule has 11 heavy (non-hydrogen) atoms. The molecular weight excluding hydrogens is 140 g/mol. The van der Waals surface area contributed by atoms with Gasteiger partial charge in [-0.2, -0.15) is 0 Å². The van der Waals surface area contributed by atoms with Crippen LogP contribution in [-0.4, -0.2) is 9.97 Å². The highest BCUT2D eigenvalue weighted by Crippen LogP contribution is 2.12. The van der Waals surface area contributed by atoms with Gasteiger partial charge in [-0.05, 0) is 18.2 Å². The Bertz CT molecular complexity index is 315. The van der Waals surface area contributed by atoms with Crippen molar-refractivity contribution in [2.45, 2.75) is 0 Å². The maximum absolute atomic E-state index is 5.09. The van der Waals surface area contributed by atoms with Crippen molar-refractivity contribution >= 4 is 0 Å². The highest BCUT2D eigenvalue weighted by molar-refractivity contribution is 5.44. The zero-order chi connectivity index (χ0) is 7.52. The van der Waals surface area contributed by atoms with Crippen LogP contribution >= 0.6 is 0 Å². The predicted molar refractivity (Wildman–Crippen MR) is 39.7 cm³/mol. The Hall–Kier alpha value is -1.64. The molecule has 0 aliphatic carbocycles. The summed E-state index contributed by atoms with van der Waals surface area (Å²) in [6, 6.07) is 5.41. The summed E-state index contributed by atoms with van der Waals surface area (Å²) in [7, 11) is 0. The van der Waals surface area contributed by atoms with Crippen molar-refractivity contribution in [2.24, 2.45) is 0 Å². The molecule has 2 aromatic heterocycles. The number of aromatic nitrogens is 2. The molecular formula is C8H6N2O. The fraction of sp³-hybridized carbons (Fsp3) is 0. The van der Waals surface area contributed by atoms with Crippen LogP contribution in [0, 0.1) is 0 Å². The summed E-state index contributed by atoms with van der Waals surface area (Å²) in [4.78, 5) is 8.03. The third-order valence-corrected chi connectivity index (χ3v) is 1.31. The molecule has 3 heteroatoms. The smallest absolute Gasteiger partial charge is 0.195 e. The summed E-state index contributed by atoms with van der Waals surface area (Å²) in [5.41, 5.74) is 0. The van der Waals surface area contributed by atoms with Gasteiger partial charge in [-0.1, -0.05) is 0 Å². The van der Waals surface area contributed by atoms with E-state index in [1.807, 2.05) is 12.1 Å². The van der Waals surface area contributed by atoms with Gasteiger partial charge < -0.3 is 4.42 Å². The molecule has 0 unspecified atom stereocenters. The summed E-state index contributed by atoms with van der Waals surface area (Å²) in [6.07, 6.45) is 4.97. The Balaban J connectivity index is 2.46. The molecule has 0 atom stereocenters. The molecule has 2 heterocycles. The molecule has 0 bridgehead atoms. The van der Waals surface area contributed by atoms with Crippen molar-refractivity contribution in [3.63, 3.8) is 0 Å². The first-order valence-corrected chi connectivity index (χ1v) is 3.28. The van der Waals surface area contributed by atoms with Crippen LogP contribution in [0.2, 0.25) is 0 Å². The molecule has 0 amide bonds. The van der Waals surface area contributed by atoms with Gasteiger partial charge in [-0.25, -0.2) is 9.97 Å². The Morgan fingerprint density at radius 3 is 2.55 bits per heavy atom. The normalized spacial score (nSPS) is 9.82. The van der Waals surface area contributed by atoms with Gasteiger partial charge in [-0.3, -0.25) is 0 Å². The first kappa shape index (κ1) is 6.09.